The maximum Gasteiger partial charge on any atom is 0.511 e. The molecule has 2 aliphatic heterocycles. The lowest BCUT2D eigenvalue weighted by Crippen LogP contribution is -2.44. The maximum atomic E-state index is 12.0. The van der Waals surface area contributed by atoms with Crippen LogP contribution in [0.4, 0.5) is 4.79 Å². The standard InChI is InChI=1S/C12H14N2O4/c15-11-3-9(18-12(16)17)2-10-8-1-7(4-13-5-8)6-14(10)11/h2-3,7-8,13H,1,4-6H2,(H,16,17)/t7?,8-/m0/s1. The van der Waals surface area contributed by atoms with E-state index in [0.717, 1.165) is 25.2 Å². The average Bonchev–Trinajstić information content (AvgIpc) is 2.31. The smallest absolute Gasteiger partial charge is 0.449 e. The number of pyridine rings is 1. The van der Waals surface area contributed by atoms with E-state index in [1.54, 1.807) is 10.6 Å². The van der Waals surface area contributed by atoms with Crippen LogP contribution >= 0.6 is 0 Å². The van der Waals surface area contributed by atoms with Crippen LogP contribution in [-0.2, 0) is 6.54 Å². The van der Waals surface area contributed by atoms with Gasteiger partial charge in [0, 0.05) is 36.8 Å². The molecule has 0 amide bonds. The summed E-state index contributed by atoms with van der Waals surface area (Å²) in [6, 6.07) is 2.91. The van der Waals surface area contributed by atoms with E-state index in [1.165, 1.54) is 6.07 Å². The molecule has 1 fully saturated rings. The first-order valence-electron chi connectivity index (χ1n) is 6.00. The summed E-state index contributed by atoms with van der Waals surface area (Å²) in [6.07, 6.45) is -0.349. The molecule has 1 aromatic heterocycles. The Labute approximate surface area is 103 Å². The van der Waals surface area contributed by atoms with Gasteiger partial charge in [0.2, 0.25) is 0 Å². The Bertz CT molecular complexity index is 551. The van der Waals surface area contributed by atoms with Crippen LogP contribution < -0.4 is 15.6 Å². The zero-order chi connectivity index (χ0) is 12.7. The molecule has 96 valence electrons. The molecule has 3 heterocycles. The highest BCUT2D eigenvalue weighted by atomic mass is 16.7. The highest BCUT2D eigenvalue weighted by Crippen LogP contribution is 2.33. The predicted octanol–water partition coefficient (Wildman–Crippen LogP) is 0.612. The molecule has 0 aromatic carbocycles. The Morgan fingerprint density at radius 1 is 1.44 bits per heavy atom. The number of ether oxygens (including phenoxy) is 1. The molecule has 2 N–H and O–H groups in total. The molecule has 3 rings (SSSR count). The fourth-order valence-corrected chi connectivity index (χ4v) is 2.94. The number of nitrogens with zero attached hydrogens (tertiary/aromatic N) is 1. The van der Waals surface area contributed by atoms with Crippen molar-refractivity contribution < 1.29 is 14.6 Å². The van der Waals surface area contributed by atoms with E-state index < -0.39 is 6.16 Å². The molecule has 2 bridgehead atoms. The molecule has 2 aliphatic rings. The lowest BCUT2D eigenvalue weighted by atomic mass is 9.84. The number of piperidine rings is 1. The van der Waals surface area contributed by atoms with E-state index in [4.69, 9.17) is 5.11 Å². The Balaban J connectivity index is 2.04. The molecule has 0 aliphatic carbocycles. The highest BCUT2D eigenvalue weighted by molar-refractivity contribution is 5.61. The fraction of sp³-hybridized carbons (Fsp3) is 0.500. The van der Waals surface area contributed by atoms with Gasteiger partial charge >= 0.3 is 6.16 Å². The molecule has 6 nitrogen and oxygen atoms in total. The minimum Gasteiger partial charge on any atom is -0.449 e. The van der Waals surface area contributed by atoms with E-state index in [-0.39, 0.29) is 17.2 Å². The Morgan fingerprint density at radius 3 is 3.06 bits per heavy atom. The SMILES string of the molecule is O=C(O)Oc1cc2n(c(=O)c1)CC1CNC[C@@H]2C1. The van der Waals surface area contributed by atoms with Gasteiger partial charge in [-0.25, -0.2) is 4.79 Å². The number of fused-ring (bicyclic) bond motifs is 4. The van der Waals surface area contributed by atoms with Gasteiger partial charge in [0.1, 0.15) is 5.75 Å². The van der Waals surface area contributed by atoms with Crippen molar-refractivity contribution in [3.05, 3.63) is 28.2 Å². The van der Waals surface area contributed by atoms with E-state index in [0.29, 0.717) is 12.5 Å². The third-order valence-electron chi connectivity index (χ3n) is 3.64. The van der Waals surface area contributed by atoms with Crippen molar-refractivity contribution in [3.63, 3.8) is 0 Å². The van der Waals surface area contributed by atoms with Crippen LogP contribution in [0.15, 0.2) is 16.9 Å². The van der Waals surface area contributed by atoms with Crippen LogP contribution in [0.3, 0.4) is 0 Å². The van der Waals surface area contributed by atoms with Crippen LogP contribution in [0.1, 0.15) is 18.0 Å². The van der Waals surface area contributed by atoms with Crippen LogP contribution in [0.5, 0.6) is 5.75 Å². The Morgan fingerprint density at radius 2 is 2.28 bits per heavy atom. The maximum absolute atomic E-state index is 12.0. The molecule has 18 heavy (non-hydrogen) atoms. The van der Waals surface area contributed by atoms with E-state index in [2.05, 4.69) is 10.1 Å². The minimum absolute atomic E-state index is 0.114. The molecule has 1 aromatic rings. The molecule has 0 spiro atoms. The third kappa shape index (κ3) is 1.88. The summed E-state index contributed by atoms with van der Waals surface area (Å²) in [5.41, 5.74) is 0.697. The van der Waals surface area contributed by atoms with E-state index in [9.17, 15) is 9.59 Å². The third-order valence-corrected chi connectivity index (χ3v) is 3.64. The Hall–Kier alpha value is -1.82. The lowest BCUT2D eigenvalue weighted by Gasteiger charge is -2.37. The number of hydrogen-bond donors (Lipinski definition) is 2. The average molecular weight is 250 g/mol. The van der Waals surface area contributed by atoms with Crippen molar-refractivity contribution in [2.45, 2.75) is 18.9 Å². The first kappa shape index (κ1) is 11.3. The number of carboxylic acid groups (broad SMARTS) is 1. The second kappa shape index (κ2) is 4.13. The summed E-state index contributed by atoms with van der Waals surface area (Å²) >= 11 is 0. The summed E-state index contributed by atoms with van der Waals surface area (Å²) in [4.78, 5) is 22.5. The first-order valence-corrected chi connectivity index (χ1v) is 6.00. The van der Waals surface area contributed by atoms with Crippen molar-refractivity contribution in [1.82, 2.24) is 9.88 Å². The Kier molecular flexibility index (Phi) is 2.59. The van der Waals surface area contributed by atoms with Gasteiger partial charge < -0.3 is 19.7 Å². The molecule has 2 atom stereocenters. The zero-order valence-electron chi connectivity index (χ0n) is 9.76. The molecule has 0 radical (unpaired) electrons. The van der Waals surface area contributed by atoms with Crippen molar-refractivity contribution in [1.29, 1.82) is 0 Å². The molecule has 0 saturated carbocycles. The summed E-state index contributed by atoms with van der Waals surface area (Å²) in [5, 5.41) is 11.9. The number of aromatic nitrogens is 1. The summed E-state index contributed by atoms with van der Waals surface area (Å²) in [5.74, 6) is 0.866. The van der Waals surface area contributed by atoms with Gasteiger partial charge in [-0.3, -0.25) is 4.79 Å². The second-order valence-electron chi connectivity index (χ2n) is 4.89. The monoisotopic (exact) mass is 250 g/mol. The molecule has 6 heteroatoms. The quantitative estimate of drug-likeness (QED) is 0.714. The number of hydrogen-bond acceptors (Lipinski definition) is 4. The summed E-state index contributed by atoms with van der Waals surface area (Å²) in [6.45, 7) is 2.47. The lowest BCUT2D eigenvalue weighted by molar-refractivity contribution is 0.144. The van der Waals surface area contributed by atoms with Crippen molar-refractivity contribution in [3.8, 4) is 5.75 Å². The topological polar surface area (TPSA) is 80.6 Å². The van der Waals surface area contributed by atoms with Crippen LogP contribution in [-0.4, -0.2) is 28.9 Å². The normalized spacial score (nSPS) is 25.3. The molecular formula is C12H14N2O4. The van der Waals surface area contributed by atoms with Crippen LogP contribution in [0.2, 0.25) is 0 Å². The van der Waals surface area contributed by atoms with Crippen molar-refractivity contribution >= 4 is 6.16 Å². The van der Waals surface area contributed by atoms with Crippen molar-refractivity contribution in [2.75, 3.05) is 13.1 Å². The highest BCUT2D eigenvalue weighted by Gasteiger charge is 2.31. The molecular weight excluding hydrogens is 236 g/mol. The number of nitrogens with one attached hydrogen (secondary N) is 1. The molecule has 1 unspecified atom stereocenters. The minimum atomic E-state index is -1.39. The van der Waals surface area contributed by atoms with E-state index >= 15 is 0 Å². The van der Waals surface area contributed by atoms with Gasteiger partial charge in [0.15, 0.2) is 0 Å². The molecule has 1 saturated heterocycles. The van der Waals surface area contributed by atoms with Gasteiger partial charge in [-0.15, -0.1) is 0 Å². The van der Waals surface area contributed by atoms with Gasteiger partial charge in [0.05, 0.1) is 0 Å². The number of carbonyl (C=O) groups is 1. The first-order chi connectivity index (χ1) is 8.63. The summed E-state index contributed by atoms with van der Waals surface area (Å²) < 4.78 is 6.33. The van der Waals surface area contributed by atoms with Crippen LogP contribution in [0.25, 0.3) is 0 Å². The largest absolute Gasteiger partial charge is 0.511 e. The van der Waals surface area contributed by atoms with Gasteiger partial charge in [-0.1, -0.05) is 0 Å². The second-order valence-corrected chi connectivity index (χ2v) is 4.89. The van der Waals surface area contributed by atoms with Crippen LogP contribution in [0, 0.1) is 5.92 Å². The van der Waals surface area contributed by atoms with Gasteiger partial charge in [0.25, 0.3) is 5.56 Å². The van der Waals surface area contributed by atoms with Gasteiger partial charge in [-0.05, 0) is 18.9 Å². The van der Waals surface area contributed by atoms with E-state index in [1.807, 2.05) is 0 Å². The zero-order valence-corrected chi connectivity index (χ0v) is 9.76. The van der Waals surface area contributed by atoms with Crippen molar-refractivity contribution in [2.24, 2.45) is 5.92 Å². The predicted molar refractivity (Wildman–Crippen MR) is 63.1 cm³/mol. The summed E-state index contributed by atoms with van der Waals surface area (Å²) in [7, 11) is 0. The number of rotatable bonds is 1. The van der Waals surface area contributed by atoms with Gasteiger partial charge in [-0.2, -0.15) is 0 Å². The fourth-order valence-electron chi connectivity index (χ4n) is 2.94.